The number of nitrogens with two attached hydrogens (primary N) is 1. The molecule has 0 radical (unpaired) electrons. The fourth-order valence-corrected chi connectivity index (χ4v) is 1.84. The normalized spacial score (nSPS) is 19.7. The predicted octanol–water partition coefficient (Wildman–Crippen LogP) is -0.0992. The first-order valence-electron chi connectivity index (χ1n) is 5.69. The molecule has 0 aliphatic carbocycles. The average Bonchev–Trinajstić information content (AvgIpc) is 2.29. The number of pyridine rings is 1. The topological polar surface area (TPSA) is 88.3 Å². The van der Waals surface area contributed by atoms with Crippen molar-refractivity contribution in [2.45, 2.75) is 25.9 Å². The van der Waals surface area contributed by atoms with Crippen molar-refractivity contribution in [2.75, 3.05) is 12.3 Å². The number of carbonyl (C=O) groups is 2. The molecule has 6 heteroatoms. The van der Waals surface area contributed by atoms with Crippen molar-refractivity contribution >= 4 is 17.6 Å². The lowest BCUT2D eigenvalue weighted by Gasteiger charge is -2.40. The molecule has 1 fully saturated rings. The molecule has 1 aromatic rings. The van der Waals surface area contributed by atoms with E-state index in [2.05, 4.69) is 10.3 Å². The Labute approximate surface area is 105 Å². The molecule has 2 rings (SSSR count). The molecule has 1 aliphatic rings. The fourth-order valence-electron chi connectivity index (χ4n) is 1.84. The molecule has 1 saturated heterocycles. The summed E-state index contributed by atoms with van der Waals surface area (Å²) in [5.74, 6) is -0.102. The fraction of sp³-hybridized carbons (Fsp3) is 0.417. The van der Waals surface area contributed by atoms with E-state index in [0.29, 0.717) is 12.4 Å². The second-order valence-corrected chi connectivity index (χ2v) is 4.88. The van der Waals surface area contributed by atoms with Gasteiger partial charge in [0.15, 0.2) is 0 Å². The number of carbonyl (C=O) groups excluding carboxylic acids is 2. The van der Waals surface area contributed by atoms with Crippen LogP contribution in [-0.2, 0) is 16.1 Å². The number of imide groups is 1. The molecule has 96 valence electrons. The third-order valence-corrected chi connectivity index (χ3v) is 3.15. The van der Waals surface area contributed by atoms with Crippen LogP contribution < -0.4 is 11.1 Å². The molecule has 2 heterocycles. The first-order chi connectivity index (χ1) is 8.39. The number of aromatic nitrogens is 1. The quantitative estimate of drug-likeness (QED) is 0.714. The van der Waals surface area contributed by atoms with Crippen molar-refractivity contribution in [1.29, 1.82) is 0 Å². The molecule has 0 spiro atoms. The van der Waals surface area contributed by atoms with Gasteiger partial charge < -0.3 is 5.73 Å². The second-order valence-electron chi connectivity index (χ2n) is 4.88. The molecular weight excluding hydrogens is 232 g/mol. The highest BCUT2D eigenvalue weighted by molar-refractivity contribution is 6.02. The number of piperazine rings is 1. The van der Waals surface area contributed by atoms with E-state index in [-0.39, 0.29) is 18.4 Å². The van der Waals surface area contributed by atoms with E-state index < -0.39 is 5.54 Å². The SMILES string of the molecule is CC1(C)C(=O)NC(=O)CN1Cc1ccc(N)nc1. The average molecular weight is 248 g/mol. The van der Waals surface area contributed by atoms with Gasteiger partial charge in [0.25, 0.3) is 0 Å². The van der Waals surface area contributed by atoms with Crippen molar-refractivity contribution in [3.05, 3.63) is 23.9 Å². The highest BCUT2D eigenvalue weighted by Crippen LogP contribution is 2.20. The number of anilines is 1. The lowest BCUT2D eigenvalue weighted by Crippen LogP contribution is -2.63. The molecular formula is C12H16N4O2. The van der Waals surface area contributed by atoms with Gasteiger partial charge in [-0.3, -0.25) is 19.8 Å². The van der Waals surface area contributed by atoms with Gasteiger partial charge in [-0.1, -0.05) is 6.07 Å². The summed E-state index contributed by atoms with van der Waals surface area (Å²) >= 11 is 0. The van der Waals surface area contributed by atoms with E-state index in [9.17, 15) is 9.59 Å². The van der Waals surface area contributed by atoms with Crippen LogP contribution in [0.4, 0.5) is 5.82 Å². The summed E-state index contributed by atoms with van der Waals surface area (Å²) in [6.45, 7) is 4.27. The maximum Gasteiger partial charge on any atom is 0.246 e. The van der Waals surface area contributed by atoms with Gasteiger partial charge in [0.2, 0.25) is 11.8 Å². The van der Waals surface area contributed by atoms with Gasteiger partial charge in [-0.25, -0.2) is 4.98 Å². The van der Waals surface area contributed by atoms with E-state index in [1.165, 1.54) is 0 Å². The summed E-state index contributed by atoms with van der Waals surface area (Å²) in [6, 6.07) is 3.55. The van der Waals surface area contributed by atoms with E-state index >= 15 is 0 Å². The molecule has 0 aromatic carbocycles. The van der Waals surface area contributed by atoms with Crippen LogP contribution in [-0.4, -0.2) is 33.8 Å². The van der Waals surface area contributed by atoms with E-state index in [1.54, 1.807) is 26.1 Å². The van der Waals surface area contributed by atoms with Crippen LogP contribution in [0.3, 0.4) is 0 Å². The number of nitrogens with zero attached hydrogens (tertiary/aromatic N) is 2. The molecule has 6 nitrogen and oxygen atoms in total. The number of hydrogen-bond acceptors (Lipinski definition) is 5. The van der Waals surface area contributed by atoms with Gasteiger partial charge in [-0.15, -0.1) is 0 Å². The van der Waals surface area contributed by atoms with Crippen LogP contribution >= 0.6 is 0 Å². The highest BCUT2D eigenvalue weighted by Gasteiger charge is 2.40. The Hall–Kier alpha value is -1.95. The Bertz CT molecular complexity index is 481. The standard InChI is InChI=1S/C12H16N4O2/c1-12(2)11(18)15-10(17)7-16(12)6-8-3-4-9(13)14-5-8/h3-5H,6-7H2,1-2H3,(H2,13,14)(H,15,17,18). The third-order valence-electron chi connectivity index (χ3n) is 3.15. The summed E-state index contributed by atoms with van der Waals surface area (Å²) in [4.78, 5) is 29.0. The Morgan fingerprint density at radius 1 is 1.44 bits per heavy atom. The number of rotatable bonds is 2. The zero-order valence-corrected chi connectivity index (χ0v) is 10.4. The highest BCUT2D eigenvalue weighted by atomic mass is 16.2. The van der Waals surface area contributed by atoms with Crippen molar-refractivity contribution in [3.8, 4) is 0 Å². The minimum atomic E-state index is -0.713. The maximum atomic E-state index is 11.8. The summed E-state index contributed by atoms with van der Waals surface area (Å²) in [6.07, 6.45) is 1.66. The van der Waals surface area contributed by atoms with Gasteiger partial charge in [0, 0.05) is 12.7 Å². The largest absolute Gasteiger partial charge is 0.384 e. The van der Waals surface area contributed by atoms with Crippen LogP contribution in [0.15, 0.2) is 18.3 Å². The zero-order valence-electron chi connectivity index (χ0n) is 10.4. The van der Waals surface area contributed by atoms with Crippen LogP contribution in [0.1, 0.15) is 19.4 Å². The third kappa shape index (κ3) is 2.33. The number of nitrogen functional groups attached to an aromatic ring is 1. The molecule has 0 unspecified atom stereocenters. The van der Waals surface area contributed by atoms with Crippen molar-refractivity contribution < 1.29 is 9.59 Å². The monoisotopic (exact) mass is 248 g/mol. The lowest BCUT2D eigenvalue weighted by molar-refractivity contribution is -0.145. The minimum Gasteiger partial charge on any atom is -0.384 e. The Kier molecular flexibility index (Phi) is 3.04. The smallest absolute Gasteiger partial charge is 0.246 e. The maximum absolute atomic E-state index is 11.8. The predicted molar refractivity (Wildman–Crippen MR) is 66.3 cm³/mol. The summed E-state index contributed by atoms with van der Waals surface area (Å²) < 4.78 is 0. The molecule has 0 atom stereocenters. The molecule has 2 amide bonds. The molecule has 1 aromatic heterocycles. The van der Waals surface area contributed by atoms with Crippen LogP contribution in [0.25, 0.3) is 0 Å². The van der Waals surface area contributed by atoms with Gasteiger partial charge in [-0.05, 0) is 25.5 Å². The van der Waals surface area contributed by atoms with Gasteiger partial charge >= 0.3 is 0 Å². The first-order valence-corrected chi connectivity index (χ1v) is 5.69. The van der Waals surface area contributed by atoms with Crippen molar-refractivity contribution in [1.82, 2.24) is 15.2 Å². The van der Waals surface area contributed by atoms with Gasteiger partial charge in [0.05, 0.1) is 12.1 Å². The number of nitrogens with one attached hydrogen (secondary N) is 1. The lowest BCUT2D eigenvalue weighted by atomic mass is 9.98. The minimum absolute atomic E-state index is 0.198. The Morgan fingerprint density at radius 3 is 2.78 bits per heavy atom. The van der Waals surface area contributed by atoms with E-state index in [1.807, 2.05) is 11.0 Å². The van der Waals surface area contributed by atoms with Crippen LogP contribution in [0.5, 0.6) is 0 Å². The molecule has 1 aliphatic heterocycles. The van der Waals surface area contributed by atoms with Crippen molar-refractivity contribution in [3.63, 3.8) is 0 Å². The summed E-state index contributed by atoms with van der Waals surface area (Å²) in [5, 5.41) is 2.34. The summed E-state index contributed by atoms with van der Waals surface area (Å²) in [7, 11) is 0. The van der Waals surface area contributed by atoms with Crippen LogP contribution in [0.2, 0.25) is 0 Å². The van der Waals surface area contributed by atoms with E-state index in [4.69, 9.17) is 5.73 Å². The Morgan fingerprint density at radius 2 is 2.17 bits per heavy atom. The second kappa shape index (κ2) is 4.38. The molecule has 3 N–H and O–H groups in total. The Balaban J connectivity index is 2.18. The van der Waals surface area contributed by atoms with Gasteiger partial charge in [0.1, 0.15) is 5.82 Å². The zero-order chi connectivity index (χ0) is 13.3. The number of amides is 2. The van der Waals surface area contributed by atoms with Crippen molar-refractivity contribution in [2.24, 2.45) is 0 Å². The molecule has 0 bridgehead atoms. The van der Waals surface area contributed by atoms with E-state index in [0.717, 1.165) is 5.56 Å². The number of hydrogen-bond donors (Lipinski definition) is 2. The molecule has 0 saturated carbocycles. The molecule has 18 heavy (non-hydrogen) atoms. The van der Waals surface area contributed by atoms with Gasteiger partial charge in [-0.2, -0.15) is 0 Å². The van der Waals surface area contributed by atoms with Crippen LogP contribution in [0, 0.1) is 0 Å². The summed E-state index contributed by atoms with van der Waals surface area (Å²) in [5.41, 5.74) is 5.72. The first kappa shape index (κ1) is 12.5.